The van der Waals surface area contributed by atoms with Crippen molar-refractivity contribution in [1.29, 1.82) is 0 Å². The molecular formula is C77H106N8O25S. The number of nitrogens with zero attached hydrogens (tertiary/aromatic N) is 2. The minimum Gasteiger partial charge on any atom is -0.455 e. The highest BCUT2D eigenvalue weighted by atomic mass is 32.2. The number of hydrogen-bond donors (Lipinski definition) is 8. The molecule has 610 valence electrons. The minimum atomic E-state index is -4.88. The number of benzene rings is 3. The SMILES string of the molecule is CO[C@H]1C(=O)[C@]2(C)[C@@H](OC)C[C@H]3OC[C@@]3(OC(C)=O)[C@H]2[C@H](OC(=O)c2ccccc2)[C@]2(O)C[C@H](OC(=O)[C@H](OC(=O)N(CCN(C)C(=O)OCc3ccc(NC(=O)[C@H](CCCNC(N)=O)NC(=O)[C@@H](NC(=O)CCC(=O)C(C)C)C(C)C)cc3)CCS(=O)(=O)O)[C@@H](NC(=O)OC(C)(C)C)c3ccccc3)C(C)=C1C2(C)C. The number of aliphatic hydroxyl groups is 1. The molecule has 3 aromatic carbocycles. The first-order valence-electron chi connectivity index (χ1n) is 36.6. The molecule has 33 nitrogen and oxygen atoms in total. The van der Waals surface area contributed by atoms with Crippen LogP contribution in [0.3, 0.4) is 0 Å². The summed E-state index contributed by atoms with van der Waals surface area (Å²) in [5, 5.41) is 27.4. The highest BCUT2D eigenvalue weighted by Crippen LogP contribution is 2.65. The summed E-state index contributed by atoms with van der Waals surface area (Å²) < 4.78 is 90.2. The average Bonchev–Trinajstić information content (AvgIpc) is 0.668. The summed E-state index contributed by atoms with van der Waals surface area (Å²) in [7, 11) is -0.972. The van der Waals surface area contributed by atoms with Crippen LogP contribution in [0.25, 0.3) is 0 Å². The molecule has 3 aliphatic carbocycles. The van der Waals surface area contributed by atoms with Crippen LogP contribution < -0.4 is 32.3 Å². The maximum atomic E-state index is 16.1. The summed E-state index contributed by atoms with van der Waals surface area (Å²) in [6.45, 7) is 16.4. The smallest absolute Gasteiger partial charge is 0.410 e. The van der Waals surface area contributed by atoms with E-state index in [1.807, 2.05) is 0 Å². The zero-order chi connectivity index (χ0) is 82.5. The number of carbonyl (C=O) groups excluding carboxylic acids is 12. The molecule has 0 spiro atoms. The number of nitrogens with two attached hydrogens (primary N) is 1. The monoisotopic (exact) mass is 1570 g/mol. The molecule has 13 atom stereocenters. The number of alkyl carbamates (subject to hydrolysis) is 1. The van der Waals surface area contributed by atoms with Crippen LogP contribution in [-0.2, 0) is 92.9 Å². The Hall–Kier alpha value is -9.61. The van der Waals surface area contributed by atoms with E-state index in [-0.39, 0.29) is 91.5 Å². The molecule has 0 radical (unpaired) electrons. The van der Waals surface area contributed by atoms with Gasteiger partial charge in [-0.3, -0.25) is 33.3 Å². The van der Waals surface area contributed by atoms with Gasteiger partial charge in [-0.2, -0.15) is 8.42 Å². The number of Topliss-reactive ketones (excluding diaryl/α,β-unsaturated/α-hetero) is 2. The Labute approximate surface area is 645 Å². The molecule has 8 amide bonds. The molecule has 1 saturated heterocycles. The van der Waals surface area contributed by atoms with Gasteiger partial charge in [0.15, 0.2) is 11.4 Å². The van der Waals surface area contributed by atoms with Crippen molar-refractivity contribution >= 4 is 87.3 Å². The number of hydrogen-bond acceptors (Lipinski definition) is 24. The van der Waals surface area contributed by atoms with E-state index < -0.39 is 202 Å². The zero-order valence-corrected chi connectivity index (χ0v) is 66.2. The van der Waals surface area contributed by atoms with Crippen molar-refractivity contribution in [2.45, 2.75) is 200 Å². The van der Waals surface area contributed by atoms with Gasteiger partial charge in [0.1, 0.15) is 66.1 Å². The number of methoxy groups -OCH3 is 2. The lowest BCUT2D eigenvalue weighted by Gasteiger charge is -2.67. The first-order chi connectivity index (χ1) is 51.9. The van der Waals surface area contributed by atoms with Crippen LogP contribution in [0.4, 0.5) is 24.9 Å². The highest BCUT2D eigenvalue weighted by molar-refractivity contribution is 7.85. The lowest BCUT2D eigenvalue weighted by atomic mass is 9.44. The van der Waals surface area contributed by atoms with Crippen LogP contribution in [0.1, 0.15) is 149 Å². The van der Waals surface area contributed by atoms with E-state index in [0.717, 1.165) is 16.7 Å². The molecule has 4 aliphatic rings. The van der Waals surface area contributed by atoms with Crippen molar-refractivity contribution in [1.82, 2.24) is 31.1 Å². The van der Waals surface area contributed by atoms with Crippen molar-refractivity contribution in [2.24, 2.45) is 34.3 Å². The maximum Gasteiger partial charge on any atom is 0.410 e. The number of ketones is 2. The first kappa shape index (κ1) is 88.6. The number of esters is 3. The van der Waals surface area contributed by atoms with Crippen molar-refractivity contribution in [2.75, 3.05) is 65.1 Å². The van der Waals surface area contributed by atoms with E-state index >= 15 is 14.4 Å². The lowest BCUT2D eigenvalue weighted by Crippen LogP contribution is -2.82. The lowest BCUT2D eigenvalue weighted by molar-refractivity contribution is -0.347. The standard InChI is InChI=1S/C77H106N8O25S/c1-43(2)52(87)32-33-56(88)82-58(44(3)4)66(91)81-51(27-22-34-79-69(78)94)65(90)80-50-30-28-47(29-31-50)41-104-71(96)84(13)35-36-85(37-38-111(99,100)101)72(97)107-61(59(48-23-18-16-19-24-48)83-70(95)110-73(7,8)9)68(93)106-53-40-77(98)64(108-67(92)49-25-20-17-21-26-49)62-75(12,63(89)60(103-15)57(45(53)5)74(77,10)11)54(102-14)39-55-76(62,42-105-55)109-46(6)86/h16-21,23-26,28-31,43-44,51,53-55,58-62,64,98H,22,27,32-42H2,1-15H3,(H,80,90)(H,81,91)(H,82,88)(H,83,95)(H3,78,79,94)(H,99,100,101)/t51-,53-,54-,55+,58-,59-,60+,61+,62-,64-,75+,76-,77+/m0/s1. The van der Waals surface area contributed by atoms with Gasteiger partial charge < -0.3 is 89.9 Å². The van der Waals surface area contributed by atoms with Crippen molar-refractivity contribution in [3.05, 3.63) is 113 Å². The van der Waals surface area contributed by atoms with E-state index in [1.54, 1.807) is 93.5 Å². The van der Waals surface area contributed by atoms with Crippen LogP contribution in [0, 0.1) is 28.6 Å². The molecule has 34 heteroatoms. The number of amides is 8. The number of ether oxygens (including phenoxy) is 9. The summed E-state index contributed by atoms with van der Waals surface area (Å²) >= 11 is 0. The van der Waals surface area contributed by atoms with Crippen LogP contribution in [-0.4, -0.2) is 225 Å². The number of fused-ring (bicyclic) bond motifs is 5. The predicted octanol–water partition coefficient (Wildman–Crippen LogP) is 6.19. The number of carbonyl (C=O) groups is 12. The third-order valence-electron chi connectivity index (χ3n) is 20.8. The average molecular weight is 1580 g/mol. The van der Waals surface area contributed by atoms with Gasteiger partial charge in [-0.1, -0.05) is 102 Å². The summed E-state index contributed by atoms with van der Waals surface area (Å²) in [5.41, 5.74) is -2.77. The topological polar surface area (TPSA) is 455 Å². The Morgan fingerprint density at radius 2 is 1.44 bits per heavy atom. The van der Waals surface area contributed by atoms with Crippen LogP contribution in [0.15, 0.2) is 96.1 Å². The predicted molar refractivity (Wildman–Crippen MR) is 398 cm³/mol. The van der Waals surface area contributed by atoms with Crippen LogP contribution in [0.5, 0.6) is 0 Å². The number of anilines is 1. The molecule has 2 saturated carbocycles. The zero-order valence-electron chi connectivity index (χ0n) is 65.4. The first-order valence-corrected chi connectivity index (χ1v) is 38.2. The molecule has 3 aromatic rings. The summed E-state index contributed by atoms with van der Waals surface area (Å²) in [4.78, 5) is 169. The molecule has 0 aromatic heterocycles. The van der Waals surface area contributed by atoms with Gasteiger partial charge in [0, 0.05) is 97.1 Å². The molecule has 7 rings (SSSR count). The number of rotatable bonds is 33. The highest BCUT2D eigenvalue weighted by Gasteiger charge is 2.78. The third kappa shape index (κ3) is 21.5. The van der Waals surface area contributed by atoms with Crippen LogP contribution >= 0.6 is 0 Å². The van der Waals surface area contributed by atoms with E-state index in [0.29, 0.717) is 5.56 Å². The second-order valence-electron chi connectivity index (χ2n) is 30.7. The fourth-order valence-corrected chi connectivity index (χ4v) is 15.2. The minimum absolute atomic E-state index is 0.00517. The second kappa shape index (κ2) is 37.1. The van der Waals surface area contributed by atoms with Crippen molar-refractivity contribution in [3.63, 3.8) is 0 Å². The van der Waals surface area contributed by atoms with E-state index in [4.69, 9.17) is 48.4 Å². The van der Waals surface area contributed by atoms with Gasteiger partial charge >= 0.3 is 42.2 Å². The Morgan fingerprint density at radius 3 is 2.00 bits per heavy atom. The molecule has 3 fully saturated rings. The van der Waals surface area contributed by atoms with Crippen molar-refractivity contribution in [3.8, 4) is 0 Å². The summed E-state index contributed by atoms with van der Waals surface area (Å²) in [6.07, 6.45) is -13.7. The second-order valence-corrected chi connectivity index (χ2v) is 32.3. The van der Waals surface area contributed by atoms with Gasteiger partial charge in [0.25, 0.3) is 10.1 Å². The van der Waals surface area contributed by atoms with Crippen LogP contribution in [0.2, 0.25) is 0 Å². The molecular weight excluding hydrogens is 1470 g/mol. The molecule has 1 aliphatic heterocycles. The summed E-state index contributed by atoms with van der Waals surface area (Å²) in [6, 6.07) is 16.5. The fraction of sp³-hybridized carbons (Fsp3) is 0.584. The van der Waals surface area contributed by atoms with Gasteiger partial charge in [-0.05, 0) is 99.9 Å². The molecule has 2 bridgehead atoms. The number of primary amides is 1. The van der Waals surface area contributed by atoms with E-state index in [2.05, 4.69) is 26.6 Å². The Bertz CT molecular complexity index is 4040. The van der Waals surface area contributed by atoms with Gasteiger partial charge in [-0.15, -0.1) is 0 Å². The Balaban J connectivity index is 1.17. The fourth-order valence-electron chi connectivity index (χ4n) is 14.8. The van der Waals surface area contributed by atoms with Gasteiger partial charge in [-0.25, -0.2) is 28.8 Å². The maximum absolute atomic E-state index is 16.1. The van der Waals surface area contributed by atoms with E-state index in [1.165, 1.54) is 88.9 Å². The largest absolute Gasteiger partial charge is 0.455 e. The number of nitrogens with one attached hydrogen (secondary N) is 5. The van der Waals surface area contributed by atoms with Gasteiger partial charge in [0.05, 0.1) is 35.4 Å². The molecule has 1 heterocycles. The Kier molecular flexibility index (Phi) is 29.7. The molecule has 9 N–H and O–H groups in total. The number of likely N-dealkylation sites (N-methyl/N-ethyl adjacent to an activating group) is 1. The summed E-state index contributed by atoms with van der Waals surface area (Å²) in [5.74, 6) is -9.21. The molecule has 111 heavy (non-hydrogen) atoms. The van der Waals surface area contributed by atoms with Gasteiger partial charge in [0.2, 0.25) is 23.8 Å². The third-order valence-corrected chi connectivity index (χ3v) is 21.5. The van der Waals surface area contributed by atoms with E-state index in [9.17, 15) is 61.2 Å². The quantitative estimate of drug-likeness (QED) is 0.0111. The normalized spacial score (nSPS) is 23.6. The Morgan fingerprint density at radius 1 is 0.802 bits per heavy atom. The number of urea groups is 1. The van der Waals surface area contributed by atoms with Crippen molar-refractivity contribution < 1.29 is 118 Å². The molecule has 0 unspecified atom stereocenters.